The number of carbonyl (C=O) groups is 2. The summed E-state index contributed by atoms with van der Waals surface area (Å²) in [5.74, 6) is 0.936. The summed E-state index contributed by atoms with van der Waals surface area (Å²) in [6, 6.07) is 0. The lowest BCUT2D eigenvalue weighted by atomic mass is 9.86. The Morgan fingerprint density at radius 2 is 2.15 bits per heavy atom. The van der Waals surface area contributed by atoms with Gasteiger partial charge in [0.05, 0.1) is 13.0 Å². The monoisotopic (exact) mass is 182 g/mol. The van der Waals surface area contributed by atoms with Crippen molar-refractivity contribution in [3.05, 3.63) is 0 Å². The Morgan fingerprint density at radius 1 is 1.38 bits per heavy atom. The summed E-state index contributed by atoms with van der Waals surface area (Å²) in [5.41, 5.74) is 0. The van der Waals surface area contributed by atoms with Gasteiger partial charge in [0.2, 0.25) is 0 Å². The van der Waals surface area contributed by atoms with E-state index in [2.05, 4.69) is 0 Å². The van der Waals surface area contributed by atoms with Crippen LogP contribution in [0.3, 0.4) is 0 Å². The van der Waals surface area contributed by atoms with Crippen molar-refractivity contribution in [1.82, 2.24) is 0 Å². The zero-order chi connectivity index (χ0) is 9.42. The Kier molecular flexibility index (Phi) is 2.10. The molecule has 0 heterocycles. The number of Topliss-reactive ketones (excluding diaryl/α,β-unsaturated/α-hetero) is 1. The minimum atomic E-state index is -0.123. The van der Waals surface area contributed by atoms with Gasteiger partial charge in [0.1, 0.15) is 5.78 Å². The lowest BCUT2D eigenvalue weighted by Gasteiger charge is -2.18. The lowest BCUT2D eigenvalue weighted by molar-refractivity contribution is -0.146. The van der Waals surface area contributed by atoms with Crippen LogP contribution in [0.2, 0.25) is 0 Å². The number of ether oxygens (including phenoxy) is 1. The molecule has 0 radical (unpaired) electrons. The molecule has 2 aliphatic carbocycles. The van der Waals surface area contributed by atoms with Crippen molar-refractivity contribution in [2.75, 3.05) is 7.11 Å². The van der Waals surface area contributed by atoms with Crippen LogP contribution < -0.4 is 0 Å². The molecule has 0 aromatic heterocycles. The van der Waals surface area contributed by atoms with E-state index in [9.17, 15) is 9.59 Å². The molecule has 0 aromatic rings. The van der Waals surface area contributed by atoms with Gasteiger partial charge in [0.25, 0.3) is 0 Å². The molecule has 0 N–H and O–H groups in total. The predicted octanol–water partition coefficient (Wildman–Crippen LogP) is 1.16. The van der Waals surface area contributed by atoms with Crippen LogP contribution in [0.1, 0.15) is 25.7 Å². The number of esters is 1. The number of methoxy groups -OCH3 is 1. The molecule has 2 saturated carbocycles. The van der Waals surface area contributed by atoms with Gasteiger partial charge in [-0.3, -0.25) is 9.59 Å². The second-order valence-corrected chi connectivity index (χ2v) is 4.17. The van der Waals surface area contributed by atoms with Crippen molar-refractivity contribution in [2.24, 2.45) is 17.8 Å². The number of hydrogen-bond acceptors (Lipinski definition) is 3. The molecule has 0 saturated heterocycles. The zero-order valence-corrected chi connectivity index (χ0v) is 7.79. The van der Waals surface area contributed by atoms with E-state index >= 15 is 0 Å². The molecule has 2 aliphatic rings. The molecule has 3 nitrogen and oxygen atoms in total. The third-order valence-electron chi connectivity index (χ3n) is 3.30. The first kappa shape index (κ1) is 8.73. The Hall–Kier alpha value is -0.860. The number of rotatable bonds is 1. The fourth-order valence-electron chi connectivity index (χ4n) is 2.77. The topological polar surface area (TPSA) is 43.4 Å². The second-order valence-electron chi connectivity index (χ2n) is 4.17. The minimum absolute atomic E-state index is 0.00134. The largest absolute Gasteiger partial charge is 0.469 e. The predicted molar refractivity (Wildman–Crippen MR) is 46.0 cm³/mol. The Morgan fingerprint density at radius 3 is 2.85 bits per heavy atom. The van der Waals surface area contributed by atoms with Gasteiger partial charge in [-0.25, -0.2) is 0 Å². The van der Waals surface area contributed by atoms with E-state index < -0.39 is 0 Å². The van der Waals surface area contributed by atoms with E-state index in [-0.39, 0.29) is 17.8 Å². The Bertz CT molecular complexity index is 247. The molecule has 0 amide bonds. The molecule has 2 rings (SSSR count). The van der Waals surface area contributed by atoms with Crippen LogP contribution in [-0.4, -0.2) is 18.9 Å². The van der Waals surface area contributed by atoms with Gasteiger partial charge in [-0.15, -0.1) is 0 Å². The normalized spacial score (nSPS) is 37.6. The van der Waals surface area contributed by atoms with Gasteiger partial charge in [0, 0.05) is 12.8 Å². The van der Waals surface area contributed by atoms with Crippen LogP contribution in [0, 0.1) is 17.8 Å². The summed E-state index contributed by atoms with van der Waals surface area (Å²) >= 11 is 0. The highest BCUT2D eigenvalue weighted by molar-refractivity contribution is 5.82. The molecule has 3 atom stereocenters. The Balaban J connectivity index is 2.09. The maximum atomic E-state index is 11.3. The van der Waals surface area contributed by atoms with Crippen LogP contribution in [0.15, 0.2) is 0 Å². The quantitative estimate of drug-likeness (QED) is 0.571. The first-order valence-electron chi connectivity index (χ1n) is 4.80. The summed E-state index contributed by atoms with van der Waals surface area (Å²) < 4.78 is 4.73. The van der Waals surface area contributed by atoms with Crippen LogP contribution in [0.5, 0.6) is 0 Å². The molecule has 13 heavy (non-hydrogen) atoms. The third-order valence-corrected chi connectivity index (χ3v) is 3.30. The molecule has 3 unspecified atom stereocenters. The molecular weight excluding hydrogens is 168 g/mol. The van der Waals surface area contributed by atoms with E-state index in [4.69, 9.17) is 4.74 Å². The second kappa shape index (κ2) is 3.13. The van der Waals surface area contributed by atoms with E-state index in [1.54, 1.807) is 0 Å². The van der Waals surface area contributed by atoms with Crippen LogP contribution in [0.25, 0.3) is 0 Å². The van der Waals surface area contributed by atoms with Crippen molar-refractivity contribution in [1.29, 1.82) is 0 Å². The lowest BCUT2D eigenvalue weighted by Crippen LogP contribution is -2.22. The van der Waals surface area contributed by atoms with Gasteiger partial charge < -0.3 is 4.74 Å². The van der Waals surface area contributed by atoms with Crippen molar-refractivity contribution in [3.63, 3.8) is 0 Å². The van der Waals surface area contributed by atoms with Gasteiger partial charge in [-0.05, 0) is 24.7 Å². The fraction of sp³-hybridized carbons (Fsp3) is 0.800. The highest BCUT2D eigenvalue weighted by Gasteiger charge is 2.43. The number of carbonyl (C=O) groups excluding carboxylic acids is 2. The van der Waals surface area contributed by atoms with E-state index in [1.165, 1.54) is 7.11 Å². The maximum Gasteiger partial charge on any atom is 0.308 e. The standard InChI is InChI=1S/C10H14O3/c1-13-10(12)9-4-6-2-7(9)5-8(11)3-6/h6-7,9H,2-5H2,1H3. The fourth-order valence-corrected chi connectivity index (χ4v) is 2.77. The SMILES string of the molecule is COC(=O)C1CC2CC(=O)CC1C2. The molecule has 3 heteroatoms. The maximum absolute atomic E-state index is 11.3. The average molecular weight is 182 g/mol. The molecule has 2 bridgehead atoms. The third kappa shape index (κ3) is 1.47. The van der Waals surface area contributed by atoms with Crippen LogP contribution in [0.4, 0.5) is 0 Å². The average Bonchev–Trinajstić information content (AvgIpc) is 2.40. The number of fused-ring (bicyclic) bond motifs is 2. The van der Waals surface area contributed by atoms with Crippen molar-refractivity contribution in [2.45, 2.75) is 25.7 Å². The molecule has 2 fully saturated rings. The molecule has 72 valence electrons. The van der Waals surface area contributed by atoms with E-state index in [0.717, 1.165) is 12.8 Å². The summed E-state index contributed by atoms with van der Waals surface area (Å²) in [6.07, 6.45) is 3.19. The van der Waals surface area contributed by atoms with Crippen LogP contribution >= 0.6 is 0 Å². The number of hydrogen-bond donors (Lipinski definition) is 0. The van der Waals surface area contributed by atoms with Crippen molar-refractivity contribution in [3.8, 4) is 0 Å². The summed E-state index contributed by atoms with van der Waals surface area (Å²) in [7, 11) is 1.42. The van der Waals surface area contributed by atoms with Crippen molar-refractivity contribution >= 4 is 11.8 Å². The van der Waals surface area contributed by atoms with Gasteiger partial charge in [-0.1, -0.05) is 0 Å². The smallest absolute Gasteiger partial charge is 0.308 e. The molecule has 0 spiro atoms. The van der Waals surface area contributed by atoms with E-state index in [1.807, 2.05) is 0 Å². The van der Waals surface area contributed by atoms with Crippen LogP contribution in [-0.2, 0) is 14.3 Å². The van der Waals surface area contributed by atoms with Gasteiger partial charge in [-0.2, -0.15) is 0 Å². The first-order chi connectivity index (χ1) is 6.20. The number of ketones is 1. The summed E-state index contributed by atoms with van der Waals surface area (Å²) in [4.78, 5) is 22.6. The highest BCUT2D eigenvalue weighted by Crippen LogP contribution is 2.44. The highest BCUT2D eigenvalue weighted by atomic mass is 16.5. The van der Waals surface area contributed by atoms with Gasteiger partial charge >= 0.3 is 5.97 Å². The molecule has 0 aliphatic heterocycles. The molecule has 0 aromatic carbocycles. The van der Waals surface area contributed by atoms with Crippen molar-refractivity contribution < 1.29 is 14.3 Å². The van der Waals surface area contributed by atoms with E-state index in [0.29, 0.717) is 24.5 Å². The minimum Gasteiger partial charge on any atom is -0.469 e. The zero-order valence-electron chi connectivity index (χ0n) is 7.79. The first-order valence-corrected chi connectivity index (χ1v) is 4.80. The Labute approximate surface area is 77.4 Å². The summed E-state index contributed by atoms with van der Waals surface area (Å²) in [6.45, 7) is 0. The summed E-state index contributed by atoms with van der Waals surface area (Å²) in [5, 5.41) is 0. The van der Waals surface area contributed by atoms with Gasteiger partial charge in [0.15, 0.2) is 0 Å². The molecular formula is C10H14O3.